The zero-order chi connectivity index (χ0) is 49.7. The van der Waals surface area contributed by atoms with Crippen LogP contribution < -0.4 is 4.90 Å². The van der Waals surface area contributed by atoms with Crippen LogP contribution in [0.25, 0.3) is 5.57 Å². The van der Waals surface area contributed by atoms with Crippen LogP contribution in [0.3, 0.4) is 0 Å². The maximum atomic E-state index is 13.6. The lowest BCUT2D eigenvalue weighted by Crippen LogP contribution is -2.37. The average molecular weight is 960 g/mol. The minimum atomic E-state index is -4.32. The van der Waals surface area contributed by atoms with Gasteiger partial charge in [-0.2, -0.15) is 4.58 Å². The van der Waals surface area contributed by atoms with Gasteiger partial charge in [0.15, 0.2) is 5.71 Å². The summed E-state index contributed by atoms with van der Waals surface area (Å²) in [6.45, 7) is 12.4. The van der Waals surface area contributed by atoms with Crippen LogP contribution in [0.5, 0.6) is 0 Å². The van der Waals surface area contributed by atoms with Gasteiger partial charge in [0.2, 0.25) is 5.69 Å². The van der Waals surface area contributed by atoms with Crippen LogP contribution in [0.1, 0.15) is 185 Å². The number of hydrogen-bond donors (Lipinski definition) is 1. The molecule has 7 nitrogen and oxygen atoms in total. The smallest absolute Gasteiger partial charge is 0.347 e. The Morgan fingerprint density at radius 1 is 0.739 bits per heavy atom. The Balaban J connectivity index is 1.23. The molecule has 376 valence electrons. The molecule has 0 amide bonds. The lowest BCUT2D eigenvalue weighted by Gasteiger charge is -2.26. The van der Waals surface area contributed by atoms with Gasteiger partial charge in [-0.15, -0.1) is 0 Å². The lowest BCUT2D eigenvalue weighted by atomic mass is 9.79. The van der Waals surface area contributed by atoms with Gasteiger partial charge in [-0.25, -0.2) is 4.57 Å². The van der Waals surface area contributed by atoms with Crippen LogP contribution in [0.15, 0.2) is 114 Å². The number of quaternary nitrogens is 1. The van der Waals surface area contributed by atoms with Gasteiger partial charge >= 0.3 is 7.82 Å². The third kappa shape index (κ3) is 14.6. The number of phosphoric acid groups is 1. The van der Waals surface area contributed by atoms with Crippen molar-refractivity contribution in [3.05, 3.63) is 136 Å². The van der Waals surface area contributed by atoms with Crippen molar-refractivity contribution in [1.29, 1.82) is 0 Å². The number of phosphoric ester groups is 1. The molecule has 3 aliphatic rings. The molecular weight excluding hydrogens is 870 g/mol. The second-order valence-corrected chi connectivity index (χ2v) is 23.8. The molecule has 0 aromatic heterocycles. The Morgan fingerprint density at radius 3 is 1.91 bits per heavy atom. The third-order valence-electron chi connectivity index (χ3n) is 15.2. The zero-order valence-electron chi connectivity index (χ0n) is 44.6. The van der Waals surface area contributed by atoms with E-state index in [1.807, 2.05) is 21.1 Å². The Bertz CT molecular complexity index is 2360. The number of likely N-dealkylation sites (N-methyl/N-ethyl adjacent to an activating group) is 2. The van der Waals surface area contributed by atoms with Gasteiger partial charge in [0.1, 0.15) is 20.2 Å². The molecule has 2 aliphatic heterocycles. The van der Waals surface area contributed by atoms with Crippen molar-refractivity contribution in [2.24, 2.45) is 0 Å². The van der Waals surface area contributed by atoms with Gasteiger partial charge in [0.05, 0.1) is 32.7 Å². The molecule has 1 aliphatic carbocycles. The summed E-state index contributed by atoms with van der Waals surface area (Å²) in [6.07, 6.45) is 32.0. The zero-order valence-corrected chi connectivity index (χ0v) is 45.5. The second kappa shape index (κ2) is 25.0. The molecule has 8 heteroatoms. The van der Waals surface area contributed by atoms with Gasteiger partial charge in [0.25, 0.3) is 0 Å². The highest BCUT2D eigenvalue weighted by Gasteiger charge is 2.43. The SMILES string of the molecule is CCCCCCCCCCCCCCCCCC(OP(=O)(O)OCC[N+](C)(C)C)c1ccc(C2=C(/C=C/C3=[N+](C)c4ccccc4C3(C)C)CCC/C2=C\C=C2\N(C)c3ccccc3C2(C)C)cc1. The molecule has 1 N–H and O–H groups in total. The summed E-state index contributed by atoms with van der Waals surface area (Å²) in [5.41, 5.74) is 13.5. The first kappa shape index (κ1) is 54.5. The highest BCUT2D eigenvalue weighted by Crippen LogP contribution is 2.50. The minimum absolute atomic E-state index is 0.126. The van der Waals surface area contributed by atoms with Gasteiger partial charge in [0, 0.05) is 41.6 Å². The fourth-order valence-corrected chi connectivity index (χ4v) is 12.0. The van der Waals surface area contributed by atoms with Crippen LogP contribution in [0.2, 0.25) is 0 Å². The van der Waals surface area contributed by atoms with E-state index in [9.17, 15) is 9.46 Å². The summed E-state index contributed by atoms with van der Waals surface area (Å²) in [5.74, 6) is 0. The summed E-state index contributed by atoms with van der Waals surface area (Å²) in [4.78, 5) is 13.4. The van der Waals surface area contributed by atoms with E-state index in [1.54, 1.807) is 0 Å². The predicted molar refractivity (Wildman–Crippen MR) is 293 cm³/mol. The van der Waals surface area contributed by atoms with E-state index in [2.05, 4.69) is 155 Å². The highest BCUT2D eigenvalue weighted by molar-refractivity contribution is 7.47. The van der Waals surface area contributed by atoms with Gasteiger partial charge in [-0.1, -0.05) is 190 Å². The van der Waals surface area contributed by atoms with E-state index in [1.165, 1.54) is 134 Å². The Morgan fingerprint density at radius 2 is 1.32 bits per heavy atom. The van der Waals surface area contributed by atoms with Crippen molar-refractivity contribution >= 4 is 30.5 Å². The number of allylic oxidation sites excluding steroid dienone is 8. The van der Waals surface area contributed by atoms with Gasteiger partial charge in [-0.05, 0) is 85.1 Å². The van der Waals surface area contributed by atoms with Gasteiger partial charge < -0.3 is 14.3 Å². The van der Waals surface area contributed by atoms with Crippen molar-refractivity contribution in [2.45, 2.75) is 174 Å². The van der Waals surface area contributed by atoms with E-state index in [-0.39, 0.29) is 17.4 Å². The number of rotatable bonds is 27. The molecule has 2 atom stereocenters. The average Bonchev–Trinajstić information content (AvgIpc) is 3.63. The number of hydrogen-bond acceptors (Lipinski definition) is 4. The molecule has 0 saturated heterocycles. The molecule has 0 spiro atoms. The number of anilines is 1. The molecule has 0 saturated carbocycles. The summed E-state index contributed by atoms with van der Waals surface area (Å²) in [7, 11) is 6.21. The maximum Gasteiger partial charge on any atom is 0.472 e. The largest absolute Gasteiger partial charge is 0.472 e. The minimum Gasteiger partial charge on any atom is -0.347 e. The molecule has 0 radical (unpaired) electrons. The first-order chi connectivity index (χ1) is 32.9. The molecule has 3 aromatic carbocycles. The summed E-state index contributed by atoms with van der Waals surface area (Å²) in [6, 6.07) is 26.2. The third-order valence-corrected chi connectivity index (χ3v) is 16.2. The van der Waals surface area contributed by atoms with Crippen molar-refractivity contribution in [2.75, 3.05) is 53.3 Å². The lowest BCUT2D eigenvalue weighted by molar-refractivity contribution is -0.870. The number of fused-ring (bicyclic) bond motifs is 2. The summed E-state index contributed by atoms with van der Waals surface area (Å²) in [5, 5.41) is 0. The van der Waals surface area contributed by atoms with Gasteiger partial charge in [-0.3, -0.25) is 9.05 Å². The first-order valence-corrected chi connectivity index (χ1v) is 28.4. The normalized spacial score (nSPS) is 19.3. The fraction of sp³-hybridized carbons (Fsp3) is 0.557. The molecular formula is C61H90N3O4P+2. The van der Waals surface area contributed by atoms with Crippen LogP contribution in [0.4, 0.5) is 11.4 Å². The first-order valence-electron chi connectivity index (χ1n) is 26.9. The fourth-order valence-electron chi connectivity index (χ4n) is 11.1. The molecule has 6 rings (SSSR count). The Kier molecular flexibility index (Phi) is 19.8. The van der Waals surface area contributed by atoms with E-state index in [0.29, 0.717) is 17.4 Å². The van der Waals surface area contributed by atoms with Crippen molar-refractivity contribution in [3.63, 3.8) is 0 Å². The van der Waals surface area contributed by atoms with Crippen molar-refractivity contribution < 1.29 is 27.6 Å². The number of unbranched alkanes of at least 4 members (excludes halogenated alkanes) is 14. The van der Waals surface area contributed by atoms with E-state index in [4.69, 9.17) is 9.05 Å². The van der Waals surface area contributed by atoms with Crippen molar-refractivity contribution in [3.8, 4) is 0 Å². The van der Waals surface area contributed by atoms with Crippen molar-refractivity contribution in [1.82, 2.24) is 0 Å². The predicted octanol–water partition coefficient (Wildman–Crippen LogP) is 16.3. The number of benzene rings is 3. The van der Waals surface area contributed by atoms with Crippen LogP contribution in [-0.4, -0.2) is 68.1 Å². The number of nitrogens with zero attached hydrogens (tertiary/aromatic N) is 3. The molecule has 2 unspecified atom stereocenters. The highest BCUT2D eigenvalue weighted by atomic mass is 31.2. The quantitative estimate of drug-likeness (QED) is 0.0357. The molecule has 0 bridgehead atoms. The molecule has 69 heavy (non-hydrogen) atoms. The standard InChI is InChI=1S/C61H89N3O4P/c1-11-12-13-14-15-16-17-18-19-20-21-22-23-24-25-37-56(68-69(65,66)67-47-46-64(8,9)10)48-38-40-51(41-39-48)59-49(42-44-57-60(2,3)52-33-26-28-35-54(52)62(57)6)31-30-32-50(59)43-45-58-61(4,5)53-34-27-29-36-55(53)63(58)7/h26-29,33-36,38-45,56H,11-25,30-32,37,46-47H2,1-10H3/q+1/p+1. The molecule has 2 heterocycles. The van der Waals surface area contributed by atoms with E-state index in [0.717, 1.165) is 43.2 Å². The summed E-state index contributed by atoms with van der Waals surface area (Å²) < 4.78 is 28.3. The topological polar surface area (TPSA) is 62.0 Å². The van der Waals surface area contributed by atoms with Crippen LogP contribution >= 0.6 is 7.82 Å². The van der Waals surface area contributed by atoms with E-state index >= 15 is 0 Å². The van der Waals surface area contributed by atoms with Crippen LogP contribution in [0, 0.1) is 0 Å². The van der Waals surface area contributed by atoms with E-state index < -0.39 is 13.9 Å². The number of para-hydroxylation sites is 2. The molecule has 0 fully saturated rings. The maximum absolute atomic E-state index is 13.6. The summed E-state index contributed by atoms with van der Waals surface area (Å²) >= 11 is 0. The monoisotopic (exact) mass is 960 g/mol. The Hall–Kier alpha value is -3.84. The second-order valence-electron chi connectivity index (χ2n) is 22.4. The molecule has 3 aromatic rings. The Labute approximate surface area is 419 Å². The van der Waals surface area contributed by atoms with Crippen LogP contribution in [-0.2, 0) is 24.4 Å².